The van der Waals surface area contributed by atoms with Gasteiger partial charge < -0.3 is 10.1 Å². The van der Waals surface area contributed by atoms with Crippen LogP contribution >= 0.6 is 0 Å². The molecule has 2 amide bonds. The standard InChI is InChI=1S/C33H28F4N4O4/c1-3-40-31-28(25(13-8-14-26(42)45-2)39-41(31)24-11-5-4-6-12-24)27(20-15-17-23(34)18-16-20)29(32(40)44)38-30(43)21-9-7-10-22(19-21)33(35,36)37/h4-12,14-19,27,29H,3,13H2,1-2H3,(H,38,43)/b14-8+/t27-,29-/m1/s1. The van der Waals surface area contributed by atoms with Crippen molar-refractivity contribution in [2.45, 2.75) is 31.5 Å². The maximum Gasteiger partial charge on any atom is 0.416 e. The lowest BCUT2D eigenvalue weighted by Crippen LogP contribution is -2.55. The first-order valence-electron chi connectivity index (χ1n) is 14.0. The van der Waals surface area contributed by atoms with E-state index in [0.29, 0.717) is 28.3 Å². The summed E-state index contributed by atoms with van der Waals surface area (Å²) in [6.45, 7) is 1.90. The Morgan fingerprint density at radius 2 is 1.73 bits per heavy atom. The number of nitrogens with zero attached hydrogens (tertiary/aromatic N) is 3. The monoisotopic (exact) mass is 620 g/mol. The number of halogens is 4. The number of carbonyl (C=O) groups excluding carboxylic acids is 3. The van der Waals surface area contributed by atoms with E-state index in [1.165, 1.54) is 48.4 Å². The molecule has 1 aliphatic rings. The average molecular weight is 621 g/mol. The van der Waals surface area contributed by atoms with E-state index in [0.717, 1.165) is 18.2 Å². The molecule has 2 heterocycles. The Labute approximate surface area is 255 Å². The van der Waals surface area contributed by atoms with Crippen LogP contribution in [0.1, 0.15) is 45.6 Å². The van der Waals surface area contributed by atoms with E-state index in [1.807, 2.05) is 6.07 Å². The van der Waals surface area contributed by atoms with Crippen molar-refractivity contribution < 1.29 is 36.7 Å². The molecule has 45 heavy (non-hydrogen) atoms. The van der Waals surface area contributed by atoms with Gasteiger partial charge >= 0.3 is 12.1 Å². The van der Waals surface area contributed by atoms with Gasteiger partial charge in [-0.15, -0.1) is 0 Å². The van der Waals surface area contributed by atoms with Crippen LogP contribution < -0.4 is 10.2 Å². The zero-order chi connectivity index (χ0) is 32.3. The van der Waals surface area contributed by atoms with Gasteiger partial charge in [0.15, 0.2) is 0 Å². The molecule has 0 spiro atoms. The molecule has 4 aromatic rings. The summed E-state index contributed by atoms with van der Waals surface area (Å²) < 4.78 is 60.7. The van der Waals surface area contributed by atoms with Crippen LogP contribution in [0.4, 0.5) is 23.4 Å². The number of ether oxygens (including phenoxy) is 1. The molecular formula is C33H28F4N4O4. The molecule has 12 heteroatoms. The number of rotatable bonds is 8. The fourth-order valence-electron chi connectivity index (χ4n) is 5.40. The Morgan fingerprint density at radius 3 is 2.38 bits per heavy atom. The highest BCUT2D eigenvalue weighted by Crippen LogP contribution is 2.44. The van der Waals surface area contributed by atoms with Gasteiger partial charge in [0, 0.05) is 36.1 Å². The van der Waals surface area contributed by atoms with Crippen LogP contribution in [0.15, 0.2) is 91.0 Å². The van der Waals surface area contributed by atoms with Gasteiger partial charge in [-0.3, -0.25) is 14.5 Å². The molecule has 0 saturated carbocycles. The number of hydrogen-bond donors (Lipinski definition) is 1. The van der Waals surface area contributed by atoms with E-state index in [1.54, 1.807) is 41.9 Å². The minimum atomic E-state index is -4.68. The normalized spacial score (nSPS) is 16.5. The maximum atomic E-state index is 14.2. The molecule has 0 unspecified atom stereocenters. The number of para-hydroxylation sites is 1. The number of alkyl halides is 3. The number of nitrogens with one attached hydrogen (secondary N) is 1. The molecule has 0 bridgehead atoms. The van der Waals surface area contributed by atoms with Crippen molar-refractivity contribution >= 4 is 23.6 Å². The third kappa shape index (κ3) is 6.35. The number of hydrogen-bond acceptors (Lipinski definition) is 5. The highest BCUT2D eigenvalue weighted by atomic mass is 19.4. The Hall–Kier alpha value is -5.26. The topological polar surface area (TPSA) is 93.5 Å². The third-order valence-corrected chi connectivity index (χ3v) is 7.46. The lowest BCUT2D eigenvalue weighted by molar-refractivity contribution is -0.137. The SMILES string of the molecule is CCN1C(=O)[C@H](NC(=O)c2cccc(C(F)(F)F)c2)[C@H](c2ccc(F)cc2)c2c(C/C=C/C(=O)OC)nn(-c3ccccc3)c21. The number of fused-ring (bicyclic) bond motifs is 1. The predicted octanol–water partition coefficient (Wildman–Crippen LogP) is 5.60. The number of likely N-dealkylation sites (N-methyl/N-ethyl adjacent to an activating group) is 1. The van der Waals surface area contributed by atoms with Crippen molar-refractivity contribution in [2.24, 2.45) is 0 Å². The lowest BCUT2D eigenvalue weighted by Gasteiger charge is -2.38. The summed E-state index contributed by atoms with van der Waals surface area (Å²) in [6, 6.07) is 17.0. The molecule has 2 atom stereocenters. The van der Waals surface area contributed by atoms with Crippen LogP contribution in [0.5, 0.6) is 0 Å². The predicted molar refractivity (Wildman–Crippen MR) is 157 cm³/mol. The van der Waals surface area contributed by atoms with Crippen LogP contribution in [-0.4, -0.2) is 47.3 Å². The third-order valence-electron chi connectivity index (χ3n) is 7.46. The van der Waals surface area contributed by atoms with Gasteiger partial charge in [0.1, 0.15) is 17.7 Å². The van der Waals surface area contributed by atoms with E-state index >= 15 is 0 Å². The van der Waals surface area contributed by atoms with Gasteiger partial charge in [-0.25, -0.2) is 13.9 Å². The first kappa shape index (κ1) is 31.2. The Kier molecular flexibility index (Phi) is 8.84. The number of benzene rings is 3. The number of amides is 2. The van der Waals surface area contributed by atoms with Gasteiger partial charge in [-0.1, -0.05) is 42.5 Å². The number of esters is 1. The van der Waals surface area contributed by atoms with Crippen molar-refractivity contribution in [3.63, 3.8) is 0 Å². The molecule has 3 aromatic carbocycles. The van der Waals surface area contributed by atoms with E-state index in [-0.39, 0.29) is 18.5 Å². The summed E-state index contributed by atoms with van der Waals surface area (Å²) in [5, 5.41) is 7.50. The number of carbonyl (C=O) groups is 3. The molecule has 0 saturated heterocycles. The van der Waals surface area contributed by atoms with Crippen molar-refractivity contribution in [1.82, 2.24) is 15.1 Å². The Bertz CT molecular complexity index is 1750. The number of methoxy groups -OCH3 is 1. The average Bonchev–Trinajstić information content (AvgIpc) is 3.40. The fraction of sp³-hybridized carbons (Fsp3) is 0.212. The zero-order valence-corrected chi connectivity index (χ0v) is 24.2. The van der Waals surface area contributed by atoms with Crippen molar-refractivity contribution in [2.75, 3.05) is 18.6 Å². The summed E-state index contributed by atoms with van der Waals surface area (Å²) in [7, 11) is 1.24. The molecule has 5 rings (SSSR count). The van der Waals surface area contributed by atoms with Gasteiger partial charge in [-0.05, 0) is 55.0 Å². The van der Waals surface area contributed by atoms with Gasteiger partial charge in [0.05, 0.1) is 24.1 Å². The van der Waals surface area contributed by atoms with E-state index in [4.69, 9.17) is 9.84 Å². The van der Waals surface area contributed by atoms with Crippen LogP contribution in [0, 0.1) is 5.82 Å². The van der Waals surface area contributed by atoms with Crippen molar-refractivity contribution in [3.8, 4) is 5.69 Å². The quantitative estimate of drug-likeness (QED) is 0.157. The molecule has 232 valence electrons. The minimum absolute atomic E-state index is 0.120. The molecule has 0 fully saturated rings. The second-order valence-corrected chi connectivity index (χ2v) is 10.2. The molecule has 1 N–H and O–H groups in total. The smallest absolute Gasteiger partial charge is 0.416 e. The minimum Gasteiger partial charge on any atom is -0.466 e. The molecular weight excluding hydrogens is 592 g/mol. The second kappa shape index (κ2) is 12.8. The molecule has 0 aliphatic carbocycles. The fourth-order valence-corrected chi connectivity index (χ4v) is 5.40. The molecule has 1 aliphatic heterocycles. The first-order valence-corrected chi connectivity index (χ1v) is 14.0. The number of allylic oxidation sites excluding steroid dienone is 1. The van der Waals surface area contributed by atoms with Gasteiger partial charge in [-0.2, -0.15) is 18.3 Å². The van der Waals surface area contributed by atoms with Crippen LogP contribution in [0.3, 0.4) is 0 Å². The van der Waals surface area contributed by atoms with Gasteiger partial charge in [0.25, 0.3) is 11.8 Å². The number of anilines is 1. The largest absolute Gasteiger partial charge is 0.466 e. The highest BCUT2D eigenvalue weighted by Gasteiger charge is 2.46. The van der Waals surface area contributed by atoms with Gasteiger partial charge in [0.2, 0.25) is 0 Å². The maximum absolute atomic E-state index is 14.2. The highest BCUT2D eigenvalue weighted by molar-refractivity contribution is 6.05. The first-order chi connectivity index (χ1) is 21.5. The summed E-state index contributed by atoms with van der Waals surface area (Å²) in [6.07, 6.45) is -1.77. The lowest BCUT2D eigenvalue weighted by atomic mass is 9.80. The summed E-state index contributed by atoms with van der Waals surface area (Å²) in [4.78, 5) is 41.0. The second-order valence-electron chi connectivity index (χ2n) is 10.2. The summed E-state index contributed by atoms with van der Waals surface area (Å²) >= 11 is 0. The summed E-state index contributed by atoms with van der Waals surface area (Å²) in [5.41, 5.74) is 0.768. The van der Waals surface area contributed by atoms with Crippen molar-refractivity contribution in [3.05, 3.63) is 125 Å². The molecule has 8 nitrogen and oxygen atoms in total. The Morgan fingerprint density at radius 1 is 1.02 bits per heavy atom. The van der Waals surface area contributed by atoms with E-state index in [9.17, 15) is 31.9 Å². The van der Waals surface area contributed by atoms with E-state index in [2.05, 4.69) is 5.32 Å². The van der Waals surface area contributed by atoms with Crippen LogP contribution in [0.25, 0.3) is 5.69 Å². The molecule has 0 radical (unpaired) electrons. The zero-order valence-electron chi connectivity index (χ0n) is 24.2. The van der Waals surface area contributed by atoms with E-state index < -0.39 is 47.3 Å². The number of aromatic nitrogens is 2. The molecule has 1 aromatic heterocycles. The summed E-state index contributed by atoms with van der Waals surface area (Å²) in [5.74, 6) is -3.05. The Balaban J connectivity index is 1.70. The van der Waals surface area contributed by atoms with Crippen molar-refractivity contribution in [1.29, 1.82) is 0 Å². The van der Waals surface area contributed by atoms with Crippen LogP contribution in [-0.2, 0) is 26.9 Å². The van der Waals surface area contributed by atoms with Crippen LogP contribution in [0.2, 0.25) is 0 Å².